The van der Waals surface area contributed by atoms with Crippen molar-refractivity contribution in [3.05, 3.63) is 18.2 Å². The van der Waals surface area contributed by atoms with E-state index in [0.717, 1.165) is 39.3 Å². The third-order valence-electron chi connectivity index (χ3n) is 5.99. The van der Waals surface area contributed by atoms with Crippen molar-refractivity contribution in [2.75, 3.05) is 137 Å². The lowest BCUT2D eigenvalue weighted by atomic mass is 10.3. The Labute approximate surface area is 220 Å². The molecule has 37 heavy (non-hydrogen) atoms. The van der Waals surface area contributed by atoms with Gasteiger partial charge in [-0.2, -0.15) is 0 Å². The zero-order valence-electron chi connectivity index (χ0n) is 22.1. The fourth-order valence-electron chi connectivity index (χ4n) is 3.86. The maximum Gasteiger partial charge on any atom is 0.163 e. The smallest absolute Gasteiger partial charge is 0.163 e. The van der Waals surface area contributed by atoms with E-state index in [4.69, 9.17) is 43.6 Å². The highest BCUT2D eigenvalue weighted by molar-refractivity contribution is 5.52. The van der Waals surface area contributed by atoms with Crippen molar-refractivity contribution in [3.63, 3.8) is 0 Å². The van der Waals surface area contributed by atoms with Crippen LogP contribution in [0.2, 0.25) is 0 Å². The van der Waals surface area contributed by atoms with Crippen molar-refractivity contribution in [2.45, 2.75) is 0 Å². The molecule has 2 aliphatic heterocycles. The van der Waals surface area contributed by atoms with Gasteiger partial charge in [-0.1, -0.05) is 0 Å². The Morgan fingerprint density at radius 3 is 1.22 bits per heavy atom. The van der Waals surface area contributed by atoms with Gasteiger partial charge in [0.1, 0.15) is 13.2 Å². The van der Waals surface area contributed by atoms with Gasteiger partial charge >= 0.3 is 0 Å². The summed E-state index contributed by atoms with van der Waals surface area (Å²) in [5, 5.41) is 0. The van der Waals surface area contributed by atoms with E-state index in [9.17, 15) is 0 Å². The molecule has 0 saturated heterocycles. The van der Waals surface area contributed by atoms with Gasteiger partial charge in [-0.3, -0.25) is 9.80 Å². The molecule has 0 radical (unpaired) electrons. The molecule has 2 bridgehead atoms. The second-order valence-electron chi connectivity index (χ2n) is 8.76. The SMILES string of the molecule is Nc1ccc2c(c1)OCCN1CCOCCOCCOCCN(CCOCCOCCOCC1)CCO2. The van der Waals surface area contributed by atoms with E-state index in [1.807, 2.05) is 18.2 Å². The molecule has 0 aromatic heterocycles. The molecule has 0 aliphatic carbocycles. The number of fused-ring (bicyclic) bond motifs is 6. The van der Waals surface area contributed by atoms with Crippen LogP contribution in [0.15, 0.2) is 18.2 Å². The summed E-state index contributed by atoms with van der Waals surface area (Å²) < 4.78 is 46.6. The lowest BCUT2D eigenvalue weighted by molar-refractivity contribution is -0.00677. The first kappa shape index (κ1) is 29.9. The quantitative estimate of drug-likeness (QED) is 0.483. The zero-order valence-corrected chi connectivity index (χ0v) is 22.1. The average molecular weight is 528 g/mol. The molecule has 0 amide bonds. The lowest BCUT2D eigenvalue weighted by Crippen LogP contribution is -2.35. The van der Waals surface area contributed by atoms with Gasteiger partial charge in [0.25, 0.3) is 0 Å². The zero-order chi connectivity index (χ0) is 25.8. The van der Waals surface area contributed by atoms with Crippen LogP contribution in [0.1, 0.15) is 0 Å². The van der Waals surface area contributed by atoms with E-state index < -0.39 is 0 Å². The number of rotatable bonds is 0. The van der Waals surface area contributed by atoms with E-state index in [1.54, 1.807) is 0 Å². The molecule has 2 N–H and O–H groups in total. The Morgan fingerprint density at radius 2 is 0.784 bits per heavy atom. The summed E-state index contributed by atoms with van der Waals surface area (Å²) >= 11 is 0. The maximum atomic E-state index is 6.12. The van der Waals surface area contributed by atoms with Crippen molar-refractivity contribution < 1.29 is 37.9 Å². The molecule has 212 valence electrons. The van der Waals surface area contributed by atoms with E-state index in [-0.39, 0.29) is 0 Å². The monoisotopic (exact) mass is 527 g/mol. The maximum absolute atomic E-state index is 6.12. The van der Waals surface area contributed by atoms with Gasteiger partial charge in [0.05, 0.1) is 79.3 Å². The number of nitrogens with zero attached hydrogens (tertiary/aromatic N) is 2. The molecule has 0 fully saturated rings. The third kappa shape index (κ3) is 13.6. The summed E-state index contributed by atoms with van der Waals surface area (Å²) in [7, 11) is 0. The Bertz CT molecular complexity index is 688. The molecular weight excluding hydrogens is 482 g/mol. The number of nitrogens with two attached hydrogens (primary N) is 1. The van der Waals surface area contributed by atoms with Crippen LogP contribution >= 0.6 is 0 Å². The third-order valence-corrected chi connectivity index (χ3v) is 5.99. The van der Waals surface area contributed by atoms with Crippen LogP contribution in [0, 0.1) is 0 Å². The first-order chi connectivity index (χ1) is 18.3. The number of hydrogen-bond acceptors (Lipinski definition) is 11. The molecule has 0 unspecified atom stereocenters. The number of anilines is 1. The minimum absolute atomic E-state index is 0.493. The first-order valence-electron chi connectivity index (χ1n) is 13.4. The number of hydrogen-bond donors (Lipinski definition) is 1. The lowest BCUT2D eigenvalue weighted by Gasteiger charge is -2.23. The van der Waals surface area contributed by atoms with Crippen molar-refractivity contribution >= 4 is 5.69 Å². The summed E-state index contributed by atoms with van der Waals surface area (Å²) in [6.45, 7) is 12.3. The molecular formula is C26H45N3O8. The van der Waals surface area contributed by atoms with Gasteiger partial charge in [-0.05, 0) is 12.1 Å². The molecule has 0 spiro atoms. The van der Waals surface area contributed by atoms with E-state index in [2.05, 4.69) is 9.80 Å². The molecule has 3 rings (SSSR count). The number of nitrogen functional groups attached to an aromatic ring is 1. The van der Waals surface area contributed by atoms with Crippen LogP contribution in [0.3, 0.4) is 0 Å². The molecule has 2 heterocycles. The number of benzene rings is 1. The van der Waals surface area contributed by atoms with Crippen LogP contribution in [0.5, 0.6) is 11.5 Å². The topological polar surface area (TPSA) is 106 Å². The summed E-state index contributed by atoms with van der Waals surface area (Å²) in [6.07, 6.45) is 0. The molecule has 2 aliphatic rings. The van der Waals surface area contributed by atoms with Gasteiger partial charge < -0.3 is 43.6 Å². The van der Waals surface area contributed by atoms with Crippen LogP contribution in [0.4, 0.5) is 5.69 Å². The van der Waals surface area contributed by atoms with Crippen LogP contribution < -0.4 is 15.2 Å². The van der Waals surface area contributed by atoms with Gasteiger partial charge in [0, 0.05) is 51.0 Å². The van der Waals surface area contributed by atoms with Crippen molar-refractivity contribution in [2.24, 2.45) is 0 Å². The average Bonchev–Trinajstić information content (AvgIpc) is 2.89. The van der Waals surface area contributed by atoms with Crippen LogP contribution in [0.25, 0.3) is 0 Å². The summed E-state index contributed by atoms with van der Waals surface area (Å²) in [4.78, 5) is 4.53. The standard InChI is InChI=1S/C26H45N3O8/c27-24-1-2-25-26(23-24)37-14-8-29-5-11-32-17-21-34-19-15-30-9-3-28(7-13-36-25)4-10-31-16-20-35-22-18-33-12-6-29/h1-2,23H,3-22,27H2. The largest absolute Gasteiger partial charge is 0.488 e. The van der Waals surface area contributed by atoms with Gasteiger partial charge in [-0.25, -0.2) is 0 Å². The predicted molar refractivity (Wildman–Crippen MR) is 140 cm³/mol. The highest BCUT2D eigenvalue weighted by Crippen LogP contribution is 2.29. The first-order valence-corrected chi connectivity index (χ1v) is 13.4. The Hall–Kier alpha value is -1.70. The highest BCUT2D eigenvalue weighted by Gasteiger charge is 2.12. The van der Waals surface area contributed by atoms with Gasteiger partial charge in [-0.15, -0.1) is 0 Å². The fraction of sp³-hybridized carbons (Fsp3) is 0.769. The summed E-state index contributed by atoms with van der Waals surface area (Å²) in [5.74, 6) is 1.34. The Kier molecular flexibility index (Phi) is 15.6. The van der Waals surface area contributed by atoms with Crippen molar-refractivity contribution in [1.82, 2.24) is 9.80 Å². The van der Waals surface area contributed by atoms with E-state index in [0.29, 0.717) is 110 Å². The number of ether oxygens (including phenoxy) is 8. The fourth-order valence-corrected chi connectivity index (χ4v) is 3.86. The second-order valence-corrected chi connectivity index (χ2v) is 8.76. The minimum atomic E-state index is 0.493. The summed E-state index contributed by atoms with van der Waals surface area (Å²) in [5.41, 5.74) is 6.67. The molecule has 0 saturated carbocycles. The predicted octanol–water partition coefficient (Wildman–Crippen LogP) is 0.757. The van der Waals surface area contributed by atoms with Crippen molar-refractivity contribution in [3.8, 4) is 11.5 Å². The highest BCUT2D eigenvalue weighted by atomic mass is 16.6. The van der Waals surface area contributed by atoms with E-state index >= 15 is 0 Å². The molecule has 11 heteroatoms. The van der Waals surface area contributed by atoms with Crippen LogP contribution in [-0.4, -0.2) is 142 Å². The van der Waals surface area contributed by atoms with Gasteiger partial charge in [0.2, 0.25) is 0 Å². The molecule has 1 aromatic rings. The normalized spacial score (nSPS) is 25.7. The molecule has 1 aromatic carbocycles. The molecule has 0 atom stereocenters. The Morgan fingerprint density at radius 1 is 0.432 bits per heavy atom. The molecule has 11 nitrogen and oxygen atoms in total. The second kappa shape index (κ2) is 19.4. The van der Waals surface area contributed by atoms with Crippen molar-refractivity contribution in [1.29, 1.82) is 0 Å². The van der Waals surface area contributed by atoms with E-state index in [1.165, 1.54) is 0 Å². The van der Waals surface area contributed by atoms with Crippen LogP contribution in [-0.2, 0) is 28.4 Å². The minimum Gasteiger partial charge on any atom is -0.488 e. The summed E-state index contributed by atoms with van der Waals surface area (Å²) in [6, 6.07) is 5.51. The van der Waals surface area contributed by atoms with Gasteiger partial charge in [0.15, 0.2) is 11.5 Å². The Balaban J connectivity index is 1.67.